The molecule has 1 saturated carbocycles. The molecule has 1 unspecified atom stereocenters. The highest BCUT2D eigenvalue weighted by molar-refractivity contribution is 5.75. The van der Waals surface area contributed by atoms with Gasteiger partial charge in [0.2, 0.25) is 0 Å². The van der Waals surface area contributed by atoms with Crippen molar-refractivity contribution in [1.82, 2.24) is 10.2 Å². The van der Waals surface area contributed by atoms with E-state index in [0.29, 0.717) is 0 Å². The first-order valence-corrected chi connectivity index (χ1v) is 5.99. The van der Waals surface area contributed by atoms with Crippen molar-refractivity contribution in [1.29, 1.82) is 0 Å². The Morgan fingerprint density at radius 3 is 2.42 bits per heavy atom. The third kappa shape index (κ3) is 6.30. The van der Waals surface area contributed by atoms with E-state index in [1.54, 1.807) is 0 Å². The standard InChI is InChI=1S/C11H17F3N2O3/c1-16(5-4-11(12,13)14)10(19)15-8(6-9(17)18)7-2-3-7/h7-8H,2-6H2,1H3,(H,15,19)(H,17,18). The van der Waals surface area contributed by atoms with E-state index in [0.717, 1.165) is 17.7 Å². The average molecular weight is 282 g/mol. The number of nitrogens with one attached hydrogen (secondary N) is 1. The second-order valence-corrected chi connectivity index (χ2v) is 4.78. The van der Waals surface area contributed by atoms with Crippen molar-refractivity contribution >= 4 is 12.0 Å². The average Bonchev–Trinajstić information content (AvgIpc) is 3.06. The number of halogens is 3. The number of rotatable bonds is 6. The normalized spacial score (nSPS) is 16.8. The molecule has 1 aliphatic carbocycles. The molecule has 5 nitrogen and oxygen atoms in total. The molecule has 0 bridgehead atoms. The van der Waals surface area contributed by atoms with Crippen LogP contribution < -0.4 is 5.32 Å². The maximum absolute atomic E-state index is 12.0. The van der Waals surface area contributed by atoms with Gasteiger partial charge in [0.25, 0.3) is 0 Å². The van der Waals surface area contributed by atoms with Gasteiger partial charge in [0.1, 0.15) is 0 Å². The molecule has 1 rings (SSSR count). The summed E-state index contributed by atoms with van der Waals surface area (Å²) in [5.41, 5.74) is 0. The summed E-state index contributed by atoms with van der Waals surface area (Å²) in [5.74, 6) is -0.911. The number of carboxylic acids is 1. The highest BCUT2D eigenvalue weighted by Gasteiger charge is 2.34. The molecule has 0 aliphatic heterocycles. The number of hydrogen-bond acceptors (Lipinski definition) is 2. The summed E-state index contributed by atoms with van der Waals surface area (Å²) in [6.45, 7) is -0.445. The number of alkyl halides is 3. The Labute approximate surface area is 108 Å². The molecule has 0 spiro atoms. The van der Waals surface area contributed by atoms with Crippen LogP contribution in [0.1, 0.15) is 25.7 Å². The molecule has 19 heavy (non-hydrogen) atoms. The Morgan fingerprint density at radius 1 is 1.42 bits per heavy atom. The van der Waals surface area contributed by atoms with Crippen molar-refractivity contribution in [2.45, 2.75) is 37.9 Å². The van der Waals surface area contributed by atoms with Crippen molar-refractivity contribution in [3.63, 3.8) is 0 Å². The van der Waals surface area contributed by atoms with Crippen molar-refractivity contribution < 1.29 is 27.9 Å². The van der Waals surface area contributed by atoms with E-state index in [9.17, 15) is 22.8 Å². The van der Waals surface area contributed by atoms with E-state index in [4.69, 9.17) is 5.11 Å². The van der Waals surface area contributed by atoms with E-state index in [-0.39, 0.29) is 12.3 Å². The number of carbonyl (C=O) groups excluding carboxylic acids is 1. The molecule has 0 aromatic carbocycles. The van der Waals surface area contributed by atoms with Gasteiger partial charge >= 0.3 is 18.2 Å². The molecule has 1 atom stereocenters. The zero-order valence-corrected chi connectivity index (χ0v) is 10.5. The van der Waals surface area contributed by atoms with Crippen LogP contribution in [-0.4, -0.2) is 47.8 Å². The molecule has 1 fully saturated rings. The maximum Gasteiger partial charge on any atom is 0.390 e. The molecule has 0 heterocycles. The fraction of sp³-hybridized carbons (Fsp3) is 0.818. The van der Waals surface area contributed by atoms with Crippen LogP contribution in [0, 0.1) is 5.92 Å². The minimum absolute atomic E-state index is 0.121. The van der Waals surface area contributed by atoms with Gasteiger partial charge in [-0.3, -0.25) is 4.79 Å². The van der Waals surface area contributed by atoms with Gasteiger partial charge in [0, 0.05) is 19.6 Å². The van der Waals surface area contributed by atoms with Crippen LogP contribution in [0.4, 0.5) is 18.0 Å². The second kappa shape index (κ2) is 6.12. The lowest BCUT2D eigenvalue weighted by molar-refractivity contribution is -0.137. The largest absolute Gasteiger partial charge is 0.481 e. The minimum Gasteiger partial charge on any atom is -0.481 e. The van der Waals surface area contributed by atoms with Crippen LogP contribution in [0.15, 0.2) is 0 Å². The van der Waals surface area contributed by atoms with Gasteiger partial charge < -0.3 is 15.3 Å². The lowest BCUT2D eigenvalue weighted by Crippen LogP contribution is -2.45. The molecular weight excluding hydrogens is 265 g/mol. The highest BCUT2D eigenvalue weighted by atomic mass is 19.4. The van der Waals surface area contributed by atoms with Gasteiger partial charge in [-0.1, -0.05) is 0 Å². The van der Waals surface area contributed by atoms with Crippen LogP contribution in [0.3, 0.4) is 0 Å². The Hall–Kier alpha value is -1.47. The van der Waals surface area contributed by atoms with Crippen LogP contribution in [0.5, 0.6) is 0 Å². The zero-order chi connectivity index (χ0) is 14.6. The number of nitrogens with zero attached hydrogens (tertiary/aromatic N) is 1. The topological polar surface area (TPSA) is 69.6 Å². The molecule has 8 heteroatoms. The Bertz CT molecular complexity index is 343. The summed E-state index contributed by atoms with van der Waals surface area (Å²) >= 11 is 0. The first-order valence-electron chi connectivity index (χ1n) is 5.99. The van der Waals surface area contributed by atoms with Gasteiger partial charge in [0.15, 0.2) is 0 Å². The number of urea groups is 1. The fourth-order valence-corrected chi connectivity index (χ4v) is 1.69. The van der Waals surface area contributed by atoms with E-state index in [2.05, 4.69) is 5.32 Å². The summed E-state index contributed by atoms with van der Waals surface area (Å²) in [4.78, 5) is 23.2. The molecule has 0 saturated heterocycles. The Balaban J connectivity index is 2.40. The number of amides is 2. The predicted octanol–water partition coefficient (Wildman–Crippen LogP) is 1.83. The monoisotopic (exact) mass is 282 g/mol. The van der Waals surface area contributed by atoms with Crippen molar-refractivity contribution in [2.75, 3.05) is 13.6 Å². The quantitative estimate of drug-likeness (QED) is 0.781. The third-order valence-corrected chi connectivity index (χ3v) is 2.97. The second-order valence-electron chi connectivity index (χ2n) is 4.78. The summed E-state index contributed by atoms with van der Waals surface area (Å²) < 4.78 is 36.0. The van der Waals surface area contributed by atoms with Gasteiger partial charge in [-0.15, -0.1) is 0 Å². The van der Waals surface area contributed by atoms with E-state index in [1.807, 2.05) is 0 Å². The lowest BCUT2D eigenvalue weighted by atomic mass is 10.1. The fourth-order valence-electron chi connectivity index (χ4n) is 1.69. The zero-order valence-electron chi connectivity index (χ0n) is 10.5. The number of carbonyl (C=O) groups is 2. The summed E-state index contributed by atoms with van der Waals surface area (Å²) in [5, 5.41) is 11.2. The van der Waals surface area contributed by atoms with Gasteiger partial charge in [0.05, 0.1) is 12.8 Å². The maximum atomic E-state index is 12.0. The minimum atomic E-state index is -4.31. The molecule has 0 aromatic rings. The molecular formula is C11H17F3N2O3. The van der Waals surface area contributed by atoms with E-state index >= 15 is 0 Å². The van der Waals surface area contributed by atoms with Crippen LogP contribution in [-0.2, 0) is 4.79 Å². The van der Waals surface area contributed by atoms with Crippen LogP contribution in [0.25, 0.3) is 0 Å². The first kappa shape index (κ1) is 15.6. The molecule has 110 valence electrons. The van der Waals surface area contributed by atoms with Crippen molar-refractivity contribution in [3.05, 3.63) is 0 Å². The van der Waals surface area contributed by atoms with Crippen LogP contribution in [0.2, 0.25) is 0 Å². The lowest BCUT2D eigenvalue weighted by Gasteiger charge is -2.23. The molecule has 2 N–H and O–H groups in total. The third-order valence-electron chi connectivity index (χ3n) is 2.97. The summed E-state index contributed by atoms with van der Waals surface area (Å²) in [6, 6.07) is -1.17. The van der Waals surface area contributed by atoms with Gasteiger partial charge in [-0.25, -0.2) is 4.79 Å². The van der Waals surface area contributed by atoms with E-state index in [1.165, 1.54) is 7.05 Å². The Morgan fingerprint density at radius 2 is 2.00 bits per heavy atom. The Kier molecular flexibility index (Phi) is 5.02. The molecule has 0 aromatic heterocycles. The highest BCUT2D eigenvalue weighted by Crippen LogP contribution is 2.34. The number of aliphatic carboxylic acids is 1. The van der Waals surface area contributed by atoms with Gasteiger partial charge in [-0.05, 0) is 18.8 Å². The van der Waals surface area contributed by atoms with Gasteiger partial charge in [-0.2, -0.15) is 13.2 Å². The smallest absolute Gasteiger partial charge is 0.390 e. The van der Waals surface area contributed by atoms with Crippen molar-refractivity contribution in [2.24, 2.45) is 5.92 Å². The van der Waals surface area contributed by atoms with Crippen LogP contribution >= 0.6 is 0 Å². The number of hydrogen-bond donors (Lipinski definition) is 2. The first-order chi connectivity index (χ1) is 8.69. The summed E-state index contributed by atoms with van der Waals surface area (Å²) in [6.07, 6.45) is -3.92. The molecule has 2 amide bonds. The van der Waals surface area contributed by atoms with Crippen molar-refractivity contribution in [3.8, 4) is 0 Å². The predicted molar refractivity (Wildman–Crippen MR) is 60.6 cm³/mol. The SMILES string of the molecule is CN(CCC(F)(F)F)C(=O)NC(CC(=O)O)C1CC1. The molecule has 0 radical (unpaired) electrons. The number of carboxylic acid groups (broad SMARTS) is 1. The molecule has 1 aliphatic rings. The summed E-state index contributed by atoms with van der Waals surface area (Å²) in [7, 11) is 1.26. The van der Waals surface area contributed by atoms with E-state index < -0.39 is 37.2 Å².